The van der Waals surface area contributed by atoms with Crippen LogP contribution in [-0.4, -0.2) is 101 Å². The summed E-state index contributed by atoms with van der Waals surface area (Å²) in [5.41, 5.74) is 13.1. The van der Waals surface area contributed by atoms with Crippen molar-refractivity contribution >= 4 is 92.3 Å². The molecule has 0 fully saturated rings. The standard InChI is InChI=1S/2C20H25ClFN5O4/c2*1-11(2)8-12(9-16(28)15-10-14-13(25-15)4-3-6-24-14)19(30)26-27(7-5-17(23)29)20(31)18(21)22/h2*3-4,6,10-12,18,25H,5,7-9H2,1-2H3,(H2,23,29)(H,26,30)/t12-,18+;12-,18-/m11/s1. The van der Waals surface area contributed by atoms with E-state index < -0.39 is 58.5 Å². The molecule has 0 spiro atoms. The molecule has 0 aliphatic heterocycles. The Kier molecular flexibility index (Phi) is 19.4. The summed E-state index contributed by atoms with van der Waals surface area (Å²) in [5, 5.41) is 1.24. The molecule has 4 heterocycles. The molecular formula is C40H50Cl2F2N10O8. The van der Waals surface area contributed by atoms with Gasteiger partial charge in [0, 0.05) is 49.9 Å². The van der Waals surface area contributed by atoms with Gasteiger partial charge in [0.25, 0.3) is 23.1 Å². The molecule has 0 saturated carbocycles. The van der Waals surface area contributed by atoms with E-state index in [2.05, 4.69) is 30.8 Å². The summed E-state index contributed by atoms with van der Waals surface area (Å²) in [6.45, 7) is 6.83. The quantitative estimate of drug-likeness (QED) is 0.0419. The summed E-state index contributed by atoms with van der Waals surface area (Å²) in [6.07, 6.45) is 3.00. The first-order valence-electron chi connectivity index (χ1n) is 19.5. The number of nitrogens with one attached hydrogen (secondary N) is 4. The van der Waals surface area contributed by atoms with E-state index in [0.717, 1.165) is 0 Å². The van der Waals surface area contributed by atoms with Crippen LogP contribution in [0.3, 0.4) is 0 Å². The van der Waals surface area contributed by atoms with Gasteiger partial charge in [-0.3, -0.25) is 59.2 Å². The highest BCUT2D eigenvalue weighted by atomic mass is 35.5. The summed E-state index contributed by atoms with van der Waals surface area (Å²) < 4.78 is 26.6. The molecular weight excluding hydrogens is 857 g/mol. The third kappa shape index (κ3) is 15.8. The van der Waals surface area contributed by atoms with Crippen molar-refractivity contribution in [2.24, 2.45) is 35.1 Å². The minimum Gasteiger partial charge on any atom is -0.370 e. The predicted octanol–water partition coefficient (Wildman–Crippen LogP) is 4.14. The molecule has 0 aromatic carbocycles. The molecule has 22 heteroatoms. The van der Waals surface area contributed by atoms with E-state index in [0.29, 0.717) is 56.3 Å². The number of Topliss-reactive ketones (excluding diaryl/α,β-unsaturated/α-hetero) is 2. The van der Waals surface area contributed by atoms with Crippen molar-refractivity contribution < 1.29 is 47.1 Å². The zero-order chi connectivity index (χ0) is 46.3. The molecule has 4 aromatic heterocycles. The van der Waals surface area contributed by atoms with Crippen LogP contribution in [0.25, 0.3) is 22.1 Å². The fourth-order valence-electron chi connectivity index (χ4n) is 6.15. The Morgan fingerprint density at radius 3 is 1.31 bits per heavy atom. The van der Waals surface area contributed by atoms with Crippen molar-refractivity contribution in [3.8, 4) is 0 Å². The van der Waals surface area contributed by atoms with Gasteiger partial charge < -0.3 is 21.4 Å². The lowest BCUT2D eigenvalue weighted by Crippen LogP contribution is -2.51. The minimum atomic E-state index is -2.41. The number of fused-ring (bicyclic) bond motifs is 2. The molecule has 0 bridgehead atoms. The number of primary amides is 2. The first-order valence-corrected chi connectivity index (χ1v) is 20.3. The Bertz CT molecular complexity index is 2010. The summed E-state index contributed by atoms with van der Waals surface area (Å²) >= 11 is 10.4. The number of nitrogens with two attached hydrogens (primary N) is 2. The maximum Gasteiger partial charge on any atom is 0.291 e. The summed E-state index contributed by atoms with van der Waals surface area (Å²) in [4.78, 5) is 111. The molecule has 336 valence electrons. The van der Waals surface area contributed by atoms with Crippen LogP contribution in [0.5, 0.6) is 0 Å². The monoisotopic (exact) mass is 906 g/mol. The Morgan fingerprint density at radius 2 is 1.02 bits per heavy atom. The van der Waals surface area contributed by atoms with Crippen molar-refractivity contribution in [3.05, 3.63) is 60.2 Å². The van der Waals surface area contributed by atoms with Gasteiger partial charge in [0.1, 0.15) is 0 Å². The third-order valence-electron chi connectivity index (χ3n) is 9.06. The maximum absolute atomic E-state index is 13.3. The Morgan fingerprint density at radius 1 is 0.661 bits per heavy atom. The fourth-order valence-corrected chi connectivity index (χ4v) is 6.39. The lowest BCUT2D eigenvalue weighted by Gasteiger charge is -2.26. The summed E-state index contributed by atoms with van der Waals surface area (Å²) in [5.74, 6) is -7.36. The number of aromatic amines is 2. The number of carbonyl (C=O) groups is 8. The number of nitrogens with zero attached hydrogens (tertiary/aromatic N) is 4. The Balaban J connectivity index is 0.000000330. The lowest BCUT2D eigenvalue weighted by atomic mass is 9.91. The SMILES string of the molecule is CC(C)C[C@H](CC(=O)c1cc2ncccc2[nH]1)C(=O)NN(CCC(N)=O)C(=O)[C@@H](F)Cl.CC(C)C[C@H](CC(=O)c1cc2ncccc2[nH]1)C(=O)NN(CCC(N)=O)C(=O)[C@H](F)Cl. The van der Waals surface area contributed by atoms with Gasteiger partial charge in [0.05, 0.1) is 46.5 Å². The van der Waals surface area contributed by atoms with Crippen LogP contribution in [-0.2, 0) is 28.8 Å². The smallest absolute Gasteiger partial charge is 0.291 e. The number of aromatic nitrogens is 4. The van der Waals surface area contributed by atoms with Gasteiger partial charge in [0.15, 0.2) is 11.6 Å². The van der Waals surface area contributed by atoms with Crippen LogP contribution in [0, 0.1) is 23.7 Å². The van der Waals surface area contributed by atoms with E-state index in [4.69, 9.17) is 34.7 Å². The zero-order valence-electron chi connectivity index (χ0n) is 34.5. The van der Waals surface area contributed by atoms with E-state index in [9.17, 15) is 47.1 Å². The largest absolute Gasteiger partial charge is 0.370 e. The topological polar surface area (TPSA) is 276 Å². The Hall–Kier alpha value is -6.02. The average molecular weight is 908 g/mol. The van der Waals surface area contributed by atoms with E-state index in [1.807, 2.05) is 27.7 Å². The minimum absolute atomic E-state index is 0.0599. The lowest BCUT2D eigenvalue weighted by molar-refractivity contribution is -0.145. The fraction of sp³-hybridized carbons (Fsp3) is 0.450. The van der Waals surface area contributed by atoms with Gasteiger partial charge in [-0.05, 0) is 61.1 Å². The number of hydrogen-bond donors (Lipinski definition) is 6. The first kappa shape index (κ1) is 50.3. The molecule has 0 aliphatic carbocycles. The molecule has 18 nitrogen and oxygen atoms in total. The van der Waals surface area contributed by atoms with E-state index in [1.54, 1.807) is 48.8 Å². The number of halogens is 4. The molecule has 0 radical (unpaired) electrons. The van der Waals surface area contributed by atoms with Crippen LogP contribution in [0.2, 0.25) is 0 Å². The number of carbonyl (C=O) groups excluding carboxylic acids is 8. The van der Waals surface area contributed by atoms with Crippen LogP contribution in [0.15, 0.2) is 48.8 Å². The third-order valence-corrected chi connectivity index (χ3v) is 9.43. The molecule has 0 unspecified atom stereocenters. The molecule has 6 amide bonds. The van der Waals surface area contributed by atoms with E-state index in [1.165, 1.54) is 0 Å². The number of rotatable bonds is 20. The van der Waals surface area contributed by atoms with Crippen LogP contribution in [0.1, 0.15) is 87.2 Å². The normalized spacial score (nSPS) is 13.1. The second-order valence-electron chi connectivity index (χ2n) is 15.1. The number of hydrogen-bond acceptors (Lipinski definition) is 10. The van der Waals surface area contributed by atoms with Gasteiger partial charge in [-0.1, -0.05) is 50.9 Å². The van der Waals surface area contributed by atoms with Crippen LogP contribution < -0.4 is 22.3 Å². The number of H-pyrrole nitrogens is 2. The number of amides is 6. The van der Waals surface area contributed by atoms with Crippen LogP contribution in [0.4, 0.5) is 8.78 Å². The van der Waals surface area contributed by atoms with Crippen molar-refractivity contribution in [1.82, 2.24) is 40.8 Å². The van der Waals surface area contributed by atoms with E-state index in [-0.39, 0.29) is 62.2 Å². The second-order valence-corrected chi connectivity index (χ2v) is 15.9. The van der Waals surface area contributed by atoms with Crippen molar-refractivity contribution in [1.29, 1.82) is 0 Å². The van der Waals surface area contributed by atoms with E-state index >= 15 is 0 Å². The molecule has 62 heavy (non-hydrogen) atoms. The summed E-state index contributed by atoms with van der Waals surface area (Å²) in [6, 6.07) is 10.2. The summed E-state index contributed by atoms with van der Waals surface area (Å²) in [7, 11) is 0. The zero-order valence-corrected chi connectivity index (χ0v) is 36.0. The highest BCUT2D eigenvalue weighted by molar-refractivity contribution is 6.29. The molecule has 4 aromatic rings. The predicted molar refractivity (Wildman–Crippen MR) is 225 cm³/mol. The van der Waals surface area contributed by atoms with Gasteiger partial charge in [0.2, 0.25) is 23.6 Å². The highest BCUT2D eigenvalue weighted by Crippen LogP contribution is 2.23. The molecule has 8 N–H and O–H groups in total. The molecule has 0 aliphatic rings. The highest BCUT2D eigenvalue weighted by Gasteiger charge is 2.31. The Labute approximate surface area is 365 Å². The number of pyridine rings is 2. The number of hydrazine groups is 2. The van der Waals surface area contributed by atoms with Gasteiger partial charge in [-0.2, -0.15) is 0 Å². The van der Waals surface area contributed by atoms with Crippen molar-refractivity contribution in [3.63, 3.8) is 0 Å². The first-order chi connectivity index (χ1) is 29.2. The van der Waals surface area contributed by atoms with Crippen molar-refractivity contribution in [2.45, 2.75) is 77.5 Å². The molecule has 0 saturated heterocycles. The van der Waals surface area contributed by atoms with Gasteiger partial charge >= 0.3 is 0 Å². The average Bonchev–Trinajstić information content (AvgIpc) is 3.85. The van der Waals surface area contributed by atoms with Crippen LogP contribution >= 0.6 is 23.2 Å². The van der Waals surface area contributed by atoms with Gasteiger partial charge in [-0.25, -0.2) is 18.8 Å². The second kappa shape index (κ2) is 23.8. The van der Waals surface area contributed by atoms with Gasteiger partial charge in [-0.15, -0.1) is 0 Å². The number of alkyl halides is 4. The molecule has 4 atom stereocenters. The molecule has 4 rings (SSSR count). The number of ketones is 2. The maximum atomic E-state index is 13.3. The van der Waals surface area contributed by atoms with Crippen molar-refractivity contribution in [2.75, 3.05) is 13.1 Å².